The van der Waals surface area contributed by atoms with Crippen molar-refractivity contribution in [2.75, 3.05) is 4.72 Å². The number of hydrogen-bond donors (Lipinski definition) is 2. The average molecular weight is 369 g/mol. The van der Waals surface area contributed by atoms with Gasteiger partial charge in [-0.3, -0.25) is 9.52 Å². The van der Waals surface area contributed by atoms with Crippen molar-refractivity contribution in [2.24, 2.45) is 0 Å². The number of thiophene rings is 1. The molecule has 2 heterocycles. The van der Waals surface area contributed by atoms with Crippen LogP contribution in [0.15, 0.2) is 50.8 Å². The summed E-state index contributed by atoms with van der Waals surface area (Å²) in [6.45, 7) is 0. The number of sulfonamides is 1. The summed E-state index contributed by atoms with van der Waals surface area (Å²) in [4.78, 5) is 11.0. The van der Waals surface area contributed by atoms with E-state index in [1.807, 2.05) is 4.72 Å². The number of anilines is 1. The Bertz CT molecular complexity index is 1040. The van der Waals surface area contributed by atoms with Crippen molar-refractivity contribution in [1.82, 2.24) is 10.2 Å². The molecule has 1 aromatic carbocycles. The molecule has 3 rings (SSSR count). The predicted molar refractivity (Wildman–Crippen MR) is 85.3 cm³/mol. The molecule has 0 bridgehead atoms. The van der Waals surface area contributed by atoms with Gasteiger partial charge in [0, 0.05) is 23.1 Å². The highest BCUT2D eigenvalue weighted by molar-refractivity contribution is 7.94. The molecule has 2 N–H and O–H groups in total. The van der Waals surface area contributed by atoms with Gasteiger partial charge in [0.1, 0.15) is 15.8 Å². The molecule has 0 radical (unpaired) electrons. The van der Waals surface area contributed by atoms with E-state index >= 15 is 0 Å². The average Bonchev–Trinajstić information content (AvgIpc) is 3.02. The molecule has 0 saturated heterocycles. The van der Waals surface area contributed by atoms with Gasteiger partial charge in [0.25, 0.3) is 15.6 Å². The quantitative estimate of drug-likeness (QED) is 0.739. The smallest absolute Gasteiger partial charge is 0.271 e. The molecular weight excluding hydrogens is 360 g/mol. The molecule has 124 valence electrons. The number of nitrogens with zero attached hydrogens (tertiary/aromatic N) is 1. The van der Waals surface area contributed by atoms with E-state index in [2.05, 4.69) is 10.2 Å². The Morgan fingerprint density at radius 3 is 2.62 bits per heavy atom. The number of hydrogen-bond acceptors (Lipinski definition) is 5. The lowest BCUT2D eigenvalue weighted by atomic mass is 10.2. The second kappa shape index (κ2) is 6.13. The molecule has 24 heavy (non-hydrogen) atoms. The van der Waals surface area contributed by atoms with Crippen LogP contribution >= 0.6 is 11.3 Å². The van der Waals surface area contributed by atoms with Crippen molar-refractivity contribution in [2.45, 2.75) is 4.21 Å². The minimum Gasteiger partial charge on any atom is -0.276 e. The van der Waals surface area contributed by atoms with E-state index in [0.29, 0.717) is 11.3 Å². The van der Waals surface area contributed by atoms with Crippen LogP contribution < -0.4 is 10.3 Å². The molecular formula is C14H9F2N3O3S2. The van der Waals surface area contributed by atoms with E-state index < -0.39 is 27.3 Å². The molecule has 0 aliphatic rings. The topological polar surface area (TPSA) is 91.9 Å². The van der Waals surface area contributed by atoms with Crippen molar-refractivity contribution in [3.8, 4) is 11.3 Å². The highest BCUT2D eigenvalue weighted by atomic mass is 32.2. The van der Waals surface area contributed by atoms with Gasteiger partial charge < -0.3 is 0 Å². The lowest BCUT2D eigenvalue weighted by Gasteiger charge is -2.07. The van der Waals surface area contributed by atoms with Crippen LogP contribution in [-0.2, 0) is 10.0 Å². The number of rotatable bonds is 4. The number of benzene rings is 1. The highest BCUT2D eigenvalue weighted by Gasteiger charge is 2.20. The van der Waals surface area contributed by atoms with Gasteiger partial charge in [-0.05, 0) is 24.3 Å². The molecule has 0 aliphatic carbocycles. The van der Waals surface area contributed by atoms with Gasteiger partial charge in [0.05, 0.1) is 11.4 Å². The normalized spacial score (nSPS) is 11.4. The van der Waals surface area contributed by atoms with E-state index in [1.165, 1.54) is 23.6 Å². The third kappa shape index (κ3) is 3.34. The van der Waals surface area contributed by atoms with E-state index in [9.17, 15) is 22.0 Å². The third-order valence-corrected chi connectivity index (χ3v) is 5.79. The maximum Gasteiger partial charge on any atom is 0.271 e. The number of nitrogens with one attached hydrogen (secondary N) is 2. The zero-order valence-electron chi connectivity index (χ0n) is 11.8. The summed E-state index contributed by atoms with van der Waals surface area (Å²) in [5.74, 6) is -1.66. The first-order chi connectivity index (χ1) is 11.3. The monoisotopic (exact) mass is 369 g/mol. The van der Waals surface area contributed by atoms with Crippen LogP contribution in [0.3, 0.4) is 0 Å². The number of halogens is 2. The lowest BCUT2D eigenvalue weighted by Crippen LogP contribution is -2.12. The maximum absolute atomic E-state index is 13.6. The van der Waals surface area contributed by atoms with Crippen LogP contribution in [0.5, 0.6) is 0 Å². The summed E-state index contributed by atoms with van der Waals surface area (Å²) in [7, 11) is -4.09. The van der Waals surface area contributed by atoms with Crippen molar-refractivity contribution in [1.29, 1.82) is 0 Å². The van der Waals surface area contributed by atoms with Gasteiger partial charge >= 0.3 is 0 Å². The van der Waals surface area contributed by atoms with Crippen LogP contribution in [0.25, 0.3) is 11.3 Å². The zero-order valence-corrected chi connectivity index (χ0v) is 13.4. The number of H-pyrrole nitrogens is 1. The first kappa shape index (κ1) is 16.3. The van der Waals surface area contributed by atoms with Crippen LogP contribution in [0.1, 0.15) is 0 Å². The number of aromatic nitrogens is 2. The molecule has 3 aromatic rings. The number of aromatic amines is 1. The summed E-state index contributed by atoms with van der Waals surface area (Å²) in [6, 6.07) is 6.50. The molecule has 0 aliphatic heterocycles. The van der Waals surface area contributed by atoms with Gasteiger partial charge in [-0.25, -0.2) is 22.3 Å². The van der Waals surface area contributed by atoms with E-state index in [1.54, 1.807) is 0 Å². The summed E-state index contributed by atoms with van der Waals surface area (Å²) in [5.41, 5.74) is -0.0160. The first-order valence-electron chi connectivity index (χ1n) is 6.48. The largest absolute Gasteiger partial charge is 0.276 e. The second-order valence-corrected chi connectivity index (χ2v) is 7.51. The Kier molecular flexibility index (Phi) is 4.16. The SMILES string of the molecule is O=c1ccc(-c2csc(S(=O)(=O)Nc3cc(F)ccc3F)c2)n[nH]1. The second-order valence-electron chi connectivity index (χ2n) is 4.69. The Morgan fingerprint density at radius 1 is 1.12 bits per heavy atom. The summed E-state index contributed by atoms with van der Waals surface area (Å²) in [6.07, 6.45) is 0. The van der Waals surface area contributed by atoms with Crippen LogP contribution in [-0.4, -0.2) is 18.6 Å². The standard InChI is InChI=1S/C14H9F2N3O3S2/c15-9-1-2-10(16)12(6-9)19-24(21,22)14-5-8(7-23-14)11-3-4-13(20)18-17-11/h1-7,19H,(H,18,20). The van der Waals surface area contributed by atoms with Crippen LogP contribution in [0.4, 0.5) is 14.5 Å². The Morgan fingerprint density at radius 2 is 1.92 bits per heavy atom. The minimum absolute atomic E-state index is 0.103. The Hall–Kier alpha value is -2.59. The Balaban J connectivity index is 1.92. The molecule has 0 spiro atoms. The highest BCUT2D eigenvalue weighted by Crippen LogP contribution is 2.28. The van der Waals surface area contributed by atoms with Gasteiger partial charge in [0.15, 0.2) is 0 Å². The molecule has 0 unspecified atom stereocenters. The van der Waals surface area contributed by atoms with Gasteiger partial charge in [-0.2, -0.15) is 5.10 Å². The van der Waals surface area contributed by atoms with E-state index in [0.717, 1.165) is 29.5 Å². The molecule has 2 aromatic heterocycles. The first-order valence-corrected chi connectivity index (χ1v) is 8.84. The fourth-order valence-electron chi connectivity index (χ4n) is 1.87. The molecule has 0 amide bonds. The summed E-state index contributed by atoms with van der Waals surface area (Å²) in [5, 5.41) is 7.57. The van der Waals surface area contributed by atoms with Crippen LogP contribution in [0, 0.1) is 11.6 Å². The van der Waals surface area contributed by atoms with Crippen molar-refractivity contribution < 1.29 is 17.2 Å². The van der Waals surface area contributed by atoms with E-state index in [4.69, 9.17) is 0 Å². The minimum atomic E-state index is -4.09. The van der Waals surface area contributed by atoms with Gasteiger partial charge in [-0.15, -0.1) is 11.3 Å². The van der Waals surface area contributed by atoms with Gasteiger partial charge in [-0.1, -0.05) is 0 Å². The van der Waals surface area contributed by atoms with Crippen LogP contribution in [0.2, 0.25) is 0 Å². The molecule has 6 nitrogen and oxygen atoms in total. The van der Waals surface area contributed by atoms with Gasteiger partial charge in [0.2, 0.25) is 0 Å². The molecule has 0 fully saturated rings. The summed E-state index contributed by atoms with van der Waals surface area (Å²) >= 11 is 0.886. The predicted octanol–water partition coefficient (Wildman–Crippen LogP) is 2.58. The molecule has 0 saturated carbocycles. The molecule has 10 heteroatoms. The lowest BCUT2D eigenvalue weighted by molar-refractivity contribution is 0.595. The third-order valence-electron chi connectivity index (χ3n) is 2.99. The summed E-state index contributed by atoms with van der Waals surface area (Å²) < 4.78 is 53.2. The Labute approximate surface area is 138 Å². The fourth-order valence-corrected chi connectivity index (χ4v) is 4.10. The van der Waals surface area contributed by atoms with Crippen molar-refractivity contribution >= 4 is 27.0 Å². The van der Waals surface area contributed by atoms with Crippen molar-refractivity contribution in [3.05, 3.63) is 63.8 Å². The maximum atomic E-state index is 13.6. The fraction of sp³-hybridized carbons (Fsp3) is 0. The zero-order chi connectivity index (χ0) is 17.3. The van der Waals surface area contributed by atoms with Crippen molar-refractivity contribution in [3.63, 3.8) is 0 Å². The molecule has 0 atom stereocenters. The van der Waals surface area contributed by atoms with E-state index in [-0.39, 0.29) is 9.77 Å².